The maximum atomic E-state index is 12.0. The van der Waals surface area contributed by atoms with E-state index in [0.29, 0.717) is 6.42 Å². The summed E-state index contributed by atoms with van der Waals surface area (Å²) in [5, 5.41) is 9.86. The number of nitrogens with one attached hydrogen (secondary N) is 1. The number of carboxylic acid groups (broad SMARTS) is 1. The first kappa shape index (κ1) is 16.5. The second-order valence-electron chi connectivity index (χ2n) is 5.36. The molecule has 0 saturated carbocycles. The summed E-state index contributed by atoms with van der Waals surface area (Å²) in [7, 11) is 3.99. The quantitative estimate of drug-likeness (QED) is 0.832. The van der Waals surface area contributed by atoms with Gasteiger partial charge in [0.05, 0.1) is 0 Å². The third kappa shape index (κ3) is 3.85. The predicted molar refractivity (Wildman–Crippen MR) is 88.8 cm³/mol. The Morgan fingerprint density at radius 1 is 1.26 bits per heavy atom. The number of rotatable bonds is 2. The number of nitrogens with zero attached hydrogens (tertiary/aromatic N) is 2. The van der Waals surface area contributed by atoms with Gasteiger partial charge in [-0.2, -0.15) is 0 Å². The SMILES string of the molecule is CN(C)c1ccc2c(c1)NC(=O)CC2c1ccncc1.O=CO. The molecule has 1 aromatic carbocycles. The van der Waals surface area contributed by atoms with E-state index < -0.39 is 0 Å². The van der Waals surface area contributed by atoms with E-state index in [9.17, 15) is 4.79 Å². The lowest BCUT2D eigenvalue weighted by Gasteiger charge is -2.27. The van der Waals surface area contributed by atoms with Crippen LogP contribution in [0, 0.1) is 0 Å². The van der Waals surface area contributed by atoms with Crippen molar-refractivity contribution in [3.63, 3.8) is 0 Å². The molecule has 23 heavy (non-hydrogen) atoms. The van der Waals surface area contributed by atoms with Crippen LogP contribution in [0.1, 0.15) is 23.5 Å². The first-order chi connectivity index (χ1) is 11.1. The molecule has 2 N–H and O–H groups in total. The second kappa shape index (κ2) is 7.40. The van der Waals surface area contributed by atoms with Gasteiger partial charge in [-0.15, -0.1) is 0 Å². The molecular formula is C17H19N3O3. The minimum absolute atomic E-state index is 0.0650. The maximum Gasteiger partial charge on any atom is 0.290 e. The molecule has 1 aromatic heterocycles. The van der Waals surface area contributed by atoms with Gasteiger partial charge in [-0.1, -0.05) is 6.07 Å². The maximum absolute atomic E-state index is 12.0. The molecule has 1 aliphatic rings. The van der Waals surface area contributed by atoms with Crippen LogP contribution in [0.15, 0.2) is 42.7 Å². The van der Waals surface area contributed by atoms with Crippen LogP contribution in [-0.2, 0) is 9.59 Å². The monoisotopic (exact) mass is 313 g/mol. The van der Waals surface area contributed by atoms with Gasteiger partial charge in [0.15, 0.2) is 0 Å². The summed E-state index contributed by atoms with van der Waals surface area (Å²) in [6.07, 6.45) is 4.03. The Kier molecular flexibility index (Phi) is 5.30. The third-order valence-corrected chi connectivity index (χ3v) is 3.70. The van der Waals surface area contributed by atoms with Gasteiger partial charge in [-0.05, 0) is 35.4 Å². The molecule has 1 atom stereocenters. The van der Waals surface area contributed by atoms with E-state index >= 15 is 0 Å². The van der Waals surface area contributed by atoms with Crippen molar-refractivity contribution in [2.45, 2.75) is 12.3 Å². The average molecular weight is 313 g/mol. The van der Waals surface area contributed by atoms with E-state index in [1.807, 2.05) is 37.2 Å². The van der Waals surface area contributed by atoms with Crippen molar-refractivity contribution in [1.82, 2.24) is 4.98 Å². The van der Waals surface area contributed by atoms with E-state index in [1.165, 1.54) is 5.56 Å². The Morgan fingerprint density at radius 2 is 1.91 bits per heavy atom. The van der Waals surface area contributed by atoms with Gasteiger partial charge in [0.1, 0.15) is 0 Å². The normalized spacial score (nSPS) is 15.6. The molecule has 0 spiro atoms. The fraction of sp³-hybridized carbons (Fsp3) is 0.235. The fourth-order valence-electron chi connectivity index (χ4n) is 2.62. The van der Waals surface area contributed by atoms with Crippen LogP contribution in [-0.4, -0.2) is 36.6 Å². The summed E-state index contributed by atoms with van der Waals surface area (Å²) in [4.78, 5) is 26.4. The molecule has 0 aliphatic carbocycles. The van der Waals surface area contributed by atoms with Crippen LogP contribution in [0.4, 0.5) is 11.4 Å². The molecule has 0 bridgehead atoms. The lowest BCUT2D eigenvalue weighted by atomic mass is 9.85. The highest BCUT2D eigenvalue weighted by Gasteiger charge is 2.26. The summed E-state index contributed by atoms with van der Waals surface area (Å²) in [5.74, 6) is 0.174. The molecule has 0 fully saturated rings. The fourth-order valence-corrected chi connectivity index (χ4v) is 2.62. The number of carbonyl (C=O) groups is 2. The van der Waals surface area contributed by atoms with Crippen LogP contribution in [0.25, 0.3) is 0 Å². The predicted octanol–water partition coefficient (Wildman–Crippen LogP) is 2.32. The summed E-state index contributed by atoms with van der Waals surface area (Å²) in [5.41, 5.74) is 4.30. The topological polar surface area (TPSA) is 82.5 Å². The smallest absolute Gasteiger partial charge is 0.290 e. The van der Waals surface area contributed by atoms with Crippen molar-refractivity contribution < 1.29 is 14.7 Å². The largest absolute Gasteiger partial charge is 0.483 e. The molecule has 1 unspecified atom stereocenters. The summed E-state index contributed by atoms with van der Waals surface area (Å²) < 4.78 is 0. The molecular weight excluding hydrogens is 294 g/mol. The Bertz CT molecular complexity index is 687. The summed E-state index contributed by atoms with van der Waals surface area (Å²) in [6, 6.07) is 10.2. The van der Waals surface area contributed by atoms with Crippen molar-refractivity contribution in [2.24, 2.45) is 0 Å². The first-order valence-corrected chi connectivity index (χ1v) is 7.15. The number of carbonyl (C=O) groups excluding carboxylic acids is 1. The minimum atomic E-state index is -0.250. The Hall–Kier alpha value is -2.89. The van der Waals surface area contributed by atoms with Crippen LogP contribution in [0.3, 0.4) is 0 Å². The number of aromatic nitrogens is 1. The number of hydrogen-bond acceptors (Lipinski definition) is 4. The summed E-state index contributed by atoms with van der Waals surface area (Å²) >= 11 is 0. The van der Waals surface area contributed by atoms with E-state index in [0.717, 1.165) is 16.9 Å². The number of amides is 1. The zero-order chi connectivity index (χ0) is 16.8. The summed E-state index contributed by atoms with van der Waals surface area (Å²) in [6.45, 7) is -0.250. The van der Waals surface area contributed by atoms with Crippen molar-refractivity contribution in [1.29, 1.82) is 0 Å². The van der Waals surface area contributed by atoms with Crippen LogP contribution in [0.2, 0.25) is 0 Å². The van der Waals surface area contributed by atoms with Gasteiger partial charge in [-0.3, -0.25) is 14.6 Å². The molecule has 120 valence electrons. The average Bonchev–Trinajstić information content (AvgIpc) is 2.55. The number of anilines is 2. The van der Waals surface area contributed by atoms with Gasteiger partial charge in [0, 0.05) is 50.2 Å². The van der Waals surface area contributed by atoms with E-state index in [1.54, 1.807) is 12.4 Å². The molecule has 0 radical (unpaired) electrons. The second-order valence-corrected chi connectivity index (χ2v) is 5.36. The molecule has 0 saturated heterocycles. The molecule has 1 amide bonds. The van der Waals surface area contributed by atoms with Gasteiger partial charge < -0.3 is 15.3 Å². The number of hydrogen-bond donors (Lipinski definition) is 2. The Balaban J connectivity index is 0.000000595. The van der Waals surface area contributed by atoms with E-state index in [-0.39, 0.29) is 18.3 Å². The minimum Gasteiger partial charge on any atom is -0.483 e. The van der Waals surface area contributed by atoms with Crippen molar-refractivity contribution in [3.05, 3.63) is 53.9 Å². The molecule has 2 heterocycles. The lowest BCUT2D eigenvalue weighted by Crippen LogP contribution is -2.24. The highest BCUT2D eigenvalue weighted by molar-refractivity contribution is 5.96. The molecule has 6 nitrogen and oxygen atoms in total. The highest BCUT2D eigenvalue weighted by Crippen LogP contribution is 2.38. The van der Waals surface area contributed by atoms with E-state index in [4.69, 9.17) is 9.90 Å². The Labute approximate surface area is 134 Å². The molecule has 1 aliphatic heterocycles. The van der Waals surface area contributed by atoms with Crippen LogP contribution >= 0.6 is 0 Å². The van der Waals surface area contributed by atoms with Crippen molar-refractivity contribution in [2.75, 3.05) is 24.3 Å². The molecule has 6 heteroatoms. The zero-order valence-electron chi connectivity index (χ0n) is 13.1. The zero-order valence-corrected chi connectivity index (χ0v) is 13.1. The van der Waals surface area contributed by atoms with Crippen molar-refractivity contribution >= 4 is 23.8 Å². The van der Waals surface area contributed by atoms with Crippen LogP contribution < -0.4 is 10.2 Å². The van der Waals surface area contributed by atoms with Gasteiger partial charge in [0.2, 0.25) is 5.91 Å². The third-order valence-electron chi connectivity index (χ3n) is 3.70. The highest BCUT2D eigenvalue weighted by atomic mass is 16.3. The van der Waals surface area contributed by atoms with Crippen molar-refractivity contribution in [3.8, 4) is 0 Å². The number of pyridine rings is 1. The number of benzene rings is 1. The number of fused-ring (bicyclic) bond motifs is 1. The molecule has 3 rings (SSSR count). The molecule has 2 aromatic rings. The van der Waals surface area contributed by atoms with Gasteiger partial charge >= 0.3 is 0 Å². The van der Waals surface area contributed by atoms with Gasteiger partial charge in [-0.25, -0.2) is 0 Å². The first-order valence-electron chi connectivity index (χ1n) is 7.15. The van der Waals surface area contributed by atoms with E-state index in [2.05, 4.69) is 22.4 Å². The standard InChI is InChI=1S/C16H17N3O.CH2O2/c1-19(2)12-3-4-13-14(11-5-7-17-8-6-11)10-16(20)18-15(13)9-12;2-1-3/h3-9,14H,10H2,1-2H3,(H,18,20);1H,(H,2,3). The van der Waals surface area contributed by atoms with Crippen LogP contribution in [0.5, 0.6) is 0 Å². The lowest BCUT2D eigenvalue weighted by molar-refractivity contribution is -0.123. The Morgan fingerprint density at radius 3 is 2.52 bits per heavy atom. The van der Waals surface area contributed by atoms with Gasteiger partial charge in [0.25, 0.3) is 6.47 Å².